The number of fused-ring (bicyclic) bond motifs is 1. The van der Waals surface area contributed by atoms with Crippen LogP contribution in [-0.2, 0) is 16.6 Å². The fourth-order valence-corrected chi connectivity index (χ4v) is 3.74. The van der Waals surface area contributed by atoms with Gasteiger partial charge >= 0.3 is 0 Å². The topological polar surface area (TPSA) is 42.2 Å². The van der Waals surface area contributed by atoms with E-state index >= 15 is 0 Å². The first kappa shape index (κ1) is 11.3. The summed E-state index contributed by atoms with van der Waals surface area (Å²) in [6, 6.07) is 9.08. The summed E-state index contributed by atoms with van der Waals surface area (Å²) >= 11 is 0. The molecule has 0 unspecified atom stereocenters. The molecular weight excluding hydrogens is 238 g/mol. The Balaban J connectivity index is 1.79. The number of hydrogen-bond acceptors (Lipinski definition) is 3. The third kappa shape index (κ3) is 1.30. The SMILES string of the molecule is N#CC1(C2(c3ccc4c(c3)CCO4)COC2)CCC1. The number of benzene rings is 1. The van der Waals surface area contributed by atoms with Crippen LogP contribution >= 0.6 is 0 Å². The van der Waals surface area contributed by atoms with Crippen molar-refractivity contribution >= 4 is 0 Å². The van der Waals surface area contributed by atoms with Gasteiger partial charge in [-0.05, 0) is 30.0 Å². The molecule has 3 nitrogen and oxygen atoms in total. The van der Waals surface area contributed by atoms with Crippen LogP contribution < -0.4 is 4.74 Å². The zero-order valence-electron chi connectivity index (χ0n) is 10.9. The molecule has 0 amide bonds. The van der Waals surface area contributed by atoms with Crippen LogP contribution in [0.1, 0.15) is 30.4 Å². The van der Waals surface area contributed by atoms with Crippen LogP contribution in [0.2, 0.25) is 0 Å². The van der Waals surface area contributed by atoms with E-state index in [0.717, 1.165) is 31.6 Å². The van der Waals surface area contributed by atoms with Gasteiger partial charge in [0.2, 0.25) is 0 Å². The summed E-state index contributed by atoms with van der Waals surface area (Å²) in [5.41, 5.74) is 2.30. The van der Waals surface area contributed by atoms with Crippen molar-refractivity contribution in [3.05, 3.63) is 29.3 Å². The van der Waals surface area contributed by atoms with Crippen molar-refractivity contribution in [1.29, 1.82) is 5.26 Å². The van der Waals surface area contributed by atoms with Crippen LogP contribution in [0.3, 0.4) is 0 Å². The summed E-state index contributed by atoms with van der Waals surface area (Å²) in [6.07, 6.45) is 4.18. The molecule has 0 atom stereocenters. The molecule has 0 spiro atoms. The molecule has 1 saturated carbocycles. The molecule has 0 N–H and O–H groups in total. The summed E-state index contributed by atoms with van der Waals surface area (Å²) in [5, 5.41) is 9.66. The van der Waals surface area contributed by atoms with E-state index in [1.807, 2.05) is 0 Å². The first-order valence-electron chi connectivity index (χ1n) is 7.05. The quantitative estimate of drug-likeness (QED) is 0.815. The zero-order valence-corrected chi connectivity index (χ0v) is 10.9. The average Bonchev–Trinajstić information content (AvgIpc) is 2.78. The number of nitriles is 1. The Kier molecular flexibility index (Phi) is 2.23. The minimum Gasteiger partial charge on any atom is -0.493 e. The van der Waals surface area contributed by atoms with E-state index < -0.39 is 0 Å². The average molecular weight is 255 g/mol. The fourth-order valence-electron chi connectivity index (χ4n) is 3.74. The summed E-state index contributed by atoms with van der Waals surface area (Å²) in [5.74, 6) is 1.01. The Morgan fingerprint density at radius 3 is 2.63 bits per heavy atom. The van der Waals surface area contributed by atoms with Crippen LogP contribution in [0.4, 0.5) is 0 Å². The van der Waals surface area contributed by atoms with Gasteiger partial charge < -0.3 is 9.47 Å². The predicted octanol–water partition coefficient (Wildman–Crippen LogP) is 2.58. The largest absolute Gasteiger partial charge is 0.493 e. The summed E-state index contributed by atoms with van der Waals surface area (Å²) in [7, 11) is 0. The molecule has 1 aromatic rings. The van der Waals surface area contributed by atoms with E-state index in [0.29, 0.717) is 13.2 Å². The predicted molar refractivity (Wildman–Crippen MR) is 70.0 cm³/mol. The Hall–Kier alpha value is -1.53. The lowest BCUT2D eigenvalue weighted by Crippen LogP contribution is -2.61. The lowest BCUT2D eigenvalue weighted by molar-refractivity contribution is -0.134. The van der Waals surface area contributed by atoms with E-state index in [1.54, 1.807) is 0 Å². The molecule has 2 aliphatic heterocycles. The van der Waals surface area contributed by atoms with Gasteiger partial charge in [0, 0.05) is 6.42 Å². The van der Waals surface area contributed by atoms with Crippen molar-refractivity contribution in [1.82, 2.24) is 0 Å². The van der Waals surface area contributed by atoms with Crippen molar-refractivity contribution in [2.24, 2.45) is 5.41 Å². The molecule has 1 aliphatic carbocycles. The molecule has 0 aromatic heterocycles. The first-order valence-corrected chi connectivity index (χ1v) is 7.05. The molecule has 4 rings (SSSR count). The van der Waals surface area contributed by atoms with E-state index in [2.05, 4.69) is 24.3 Å². The smallest absolute Gasteiger partial charge is 0.122 e. The van der Waals surface area contributed by atoms with Crippen molar-refractivity contribution < 1.29 is 9.47 Å². The molecule has 19 heavy (non-hydrogen) atoms. The third-order valence-corrected chi connectivity index (χ3v) is 5.28. The Labute approximate surface area is 113 Å². The van der Waals surface area contributed by atoms with Gasteiger partial charge in [-0.3, -0.25) is 0 Å². The van der Waals surface area contributed by atoms with Gasteiger partial charge in [-0.1, -0.05) is 18.6 Å². The Morgan fingerprint density at radius 2 is 2.05 bits per heavy atom. The van der Waals surface area contributed by atoms with Crippen molar-refractivity contribution in [3.8, 4) is 11.8 Å². The molecule has 0 bridgehead atoms. The summed E-state index contributed by atoms with van der Waals surface area (Å²) in [6.45, 7) is 2.17. The van der Waals surface area contributed by atoms with Gasteiger partial charge in [0.25, 0.3) is 0 Å². The number of hydrogen-bond donors (Lipinski definition) is 0. The molecule has 1 aromatic carbocycles. The van der Waals surface area contributed by atoms with Gasteiger partial charge in [0.1, 0.15) is 5.75 Å². The zero-order chi connectivity index (χ0) is 12.9. The number of ether oxygens (including phenoxy) is 2. The highest BCUT2D eigenvalue weighted by Crippen LogP contribution is 2.58. The first-order chi connectivity index (χ1) is 9.30. The van der Waals surface area contributed by atoms with E-state index in [-0.39, 0.29) is 10.8 Å². The summed E-state index contributed by atoms with van der Waals surface area (Å²) in [4.78, 5) is 0. The Morgan fingerprint density at radius 1 is 1.21 bits per heavy atom. The maximum atomic E-state index is 9.66. The van der Waals surface area contributed by atoms with Crippen molar-refractivity contribution in [2.75, 3.05) is 19.8 Å². The van der Waals surface area contributed by atoms with Crippen LogP contribution in [0.5, 0.6) is 5.75 Å². The molecular formula is C16H17NO2. The number of nitrogens with zero attached hydrogens (tertiary/aromatic N) is 1. The highest BCUT2D eigenvalue weighted by molar-refractivity contribution is 5.45. The van der Waals surface area contributed by atoms with Gasteiger partial charge in [0.15, 0.2) is 0 Å². The van der Waals surface area contributed by atoms with Crippen molar-refractivity contribution in [3.63, 3.8) is 0 Å². The number of rotatable bonds is 2. The molecule has 3 aliphatic rings. The second-order valence-corrected chi connectivity index (χ2v) is 6.04. The maximum absolute atomic E-state index is 9.66. The second-order valence-electron chi connectivity index (χ2n) is 6.04. The van der Waals surface area contributed by atoms with Crippen LogP contribution in [-0.4, -0.2) is 19.8 Å². The Bertz CT molecular complexity index is 565. The molecule has 3 heteroatoms. The van der Waals surface area contributed by atoms with Gasteiger partial charge in [-0.15, -0.1) is 0 Å². The molecule has 2 heterocycles. The van der Waals surface area contributed by atoms with Gasteiger partial charge in [-0.2, -0.15) is 5.26 Å². The molecule has 2 fully saturated rings. The highest BCUT2D eigenvalue weighted by atomic mass is 16.5. The lowest BCUT2D eigenvalue weighted by Gasteiger charge is -2.56. The minimum absolute atomic E-state index is 0.0718. The molecule has 98 valence electrons. The maximum Gasteiger partial charge on any atom is 0.122 e. The molecule has 0 radical (unpaired) electrons. The van der Waals surface area contributed by atoms with E-state index in [1.165, 1.54) is 17.5 Å². The van der Waals surface area contributed by atoms with Gasteiger partial charge in [-0.25, -0.2) is 0 Å². The fraction of sp³-hybridized carbons (Fsp3) is 0.562. The highest BCUT2D eigenvalue weighted by Gasteiger charge is 2.60. The molecule has 1 saturated heterocycles. The monoisotopic (exact) mass is 255 g/mol. The van der Waals surface area contributed by atoms with Crippen LogP contribution in [0, 0.1) is 16.7 Å². The van der Waals surface area contributed by atoms with Crippen molar-refractivity contribution in [2.45, 2.75) is 31.1 Å². The third-order valence-electron chi connectivity index (χ3n) is 5.28. The van der Waals surface area contributed by atoms with Gasteiger partial charge in [0.05, 0.1) is 36.7 Å². The standard InChI is InChI=1S/C16H17NO2/c17-9-15(5-1-6-15)16(10-18-11-16)13-2-3-14-12(8-13)4-7-19-14/h2-3,8H,1,4-7,10-11H2. The summed E-state index contributed by atoms with van der Waals surface area (Å²) < 4.78 is 11.1. The van der Waals surface area contributed by atoms with Crippen LogP contribution in [0.25, 0.3) is 0 Å². The van der Waals surface area contributed by atoms with Crippen LogP contribution in [0.15, 0.2) is 18.2 Å². The normalized spacial score (nSPS) is 25.4. The van der Waals surface area contributed by atoms with E-state index in [9.17, 15) is 5.26 Å². The lowest BCUT2D eigenvalue weighted by atomic mass is 9.50. The minimum atomic E-state index is -0.195. The second kappa shape index (κ2) is 3.74. The van der Waals surface area contributed by atoms with E-state index in [4.69, 9.17) is 9.47 Å².